The van der Waals surface area contributed by atoms with Crippen LogP contribution in [0, 0.1) is 5.92 Å². The van der Waals surface area contributed by atoms with Gasteiger partial charge in [0.1, 0.15) is 0 Å². The van der Waals surface area contributed by atoms with Gasteiger partial charge >= 0.3 is 5.69 Å². The topological polar surface area (TPSA) is 102 Å². The van der Waals surface area contributed by atoms with Gasteiger partial charge in [-0.15, -0.1) is 0 Å². The third-order valence-corrected chi connectivity index (χ3v) is 6.63. The molecule has 1 aliphatic rings. The quantitative estimate of drug-likeness (QED) is 0.511. The van der Waals surface area contributed by atoms with Crippen molar-refractivity contribution >= 4 is 16.8 Å². The van der Waals surface area contributed by atoms with Crippen LogP contribution >= 0.6 is 0 Å². The van der Waals surface area contributed by atoms with Crippen molar-refractivity contribution in [2.45, 2.75) is 59.0 Å². The van der Waals surface area contributed by atoms with Gasteiger partial charge in [-0.3, -0.25) is 14.2 Å². The lowest BCUT2D eigenvalue weighted by Gasteiger charge is -2.29. The molecule has 8 nitrogen and oxygen atoms in total. The Hall–Kier alpha value is -3.55. The van der Waals surface area contributed by atoms with Crippen LogP contribution in [0.3, 0.4) is 0 Å². The molecule has 8 heteroatoms. The van der Waals surface area contributed by atoms with Gasteiger partial charge in [0.15, 0.2) is 11.5 Å². The Morgan fingerprint density at radius 3 is 2.34 bits per heavy atom. The van der Waals surface area contributed by atoms with Crippen LogP contribution in [0.4, 0.5) is 0 Å². The Kier molecular flexibility index (Phi) is 7.58. The van der Waals surface area contributed by atoms with E-state index >= 15 is 0 Å². The lowest BCUT2D eigenvalue weighted by atomic mass is 9.86. The number of aromatic amines is 1. The number of H-pyrrole nitrogens is 1. The second-order valence-electron chi connectivity index (χ2n) is 9.07. The molecule has 2 N–H and O–H groups in total. The molecule has 0 bridgehead atoms. The number of hydrogen-bond acceptors (Lipinski definition) is 5. The van der Waals surface area contributed by atoms with Crippen molar-refractivity contribution in [2.24, 2.45) is 5.92 Å². The molecule has 0 spiro atoms. The first-order chi connectivity index (χ1) is 16.9. The summed E-state index contributed by atoms with van der Waals surface area (Å²) < 4.78 is 12.4. The second kappa shape index (κ2) is 10.8. The molecule has 3 aromatic rings. The number of nitrogens with zero attached hydrogens (tertiary/aromatic N) is 1. The first-order valence-corrected chi connectivity index (χ1v) is 12.4. The number of ether oxygens (including phenoxy) is 2. The average Bonchev–Trinajstić information content (AvgIpc) is 2.85. The minimum atomic E-state index is -0.512. The Labute approximate surface area is 204 Å². The summed E-state index contributed by atoms with van der Waals surface area (Å²) in [6, 6.07) is 10.5. The Bertz CT molecular complexity index is 1310. The van der Waals surface area contributed by atoms with E-state index in [1.165, 1.54) is 6.42 Å². The monoisotopic (exact) mass is 479 g/mol. The minimum Gasteiger partial charge on any atom is -0.490 e. The molecular formula is C27H33N3O5. The van der Waals surface area contributed by atoms with Crippen molar-refractivity contribution in [1.82, 2.24) is 14.9 Å². The van der Waals surface area contributed by atoms with E-state index in [9.17, 15) is 14.4 Å². The zero-order valence-electron chi connectivity index (χ0n) is 20.6. The highest BCUT2D eigenvalue weighted by Gasteiger charge is 2.23. The van der Waals surface area contributed by atoms with Gasteiger partial charge in [-0.25, -0.2) is 4.79 Å². The molecule has 35 heavy (non-hydrogen) atoms. The molecule has 0 saturated heterocycles. The SMILES string of the molecule is CCOc1cc2[nH]c(=O)n(Cc3ccc(C(=O)N[C@H]4CCCC[C@H]4C)cc3)c(=O)c2cc1OCC. The van der Waals surface area contributed by atoms with Crippen molar-refractivity contribution in [3.05, 3.63) is 68.4 Å². The standard InChI is InChI=1S/C27H33N3O5/c1-4-34-23-14-20-22(15-24(23)35-5-2)29-27(33)30(26(20)32)16-18-10-12-19(13-11-18)25(31)28-21-9-7-6-8-17(21)3/h10-15,17,21H,4-9,16H2,1-3H3,(H,28,31)(H,29,33)/t17-,21+/m1/s1. The number of benzene rings is 2. The molecule has 2 aromatic carbocycles. The lowest BCUT2D eigenvalue weighted by molar-refractivity contribution is 0.0910. The number of amides is 1. The Balaban J connectivity index is 1.57. The van der Waals surface area contributed by atoms with Crippen LogP contribution < -0.4 is 26.0 Å². The second-order valence-corrected chi connectivity index (χ2v) is 9.07. The normalized spacial score (nSPS) is 17.8. The van der Waals surface area contributed by atoms with Crippen LogP contribution in [0.5, 0.6) is 11.5 Å². The van der Waals surface area contributed by atoms with Gasteiger partial charge in [0, 0.05) is 17.7 Å². The summed E-state index contributed by atoms with van der Waals surface area (Å²) in [4.78, 5) is 41.4. The molecule has 1 heterocycles. The Morgan fingerprint density at radius 1 is 1.03 bits per heavy atom. The summed E-state index contributed by atoms with van der Waals surface area (Å²) in [7, 11) is 0. The van der Waals surface area contributed by atoms with Crippen LogP contribution in [-0.2, 0) is 6.54 Å². The van der Waals surface area contributed by atoms with Crippen LogP contribution in [0.25, 0.3) is 10.9 Å². The summed E-state index contributed by atoms with van der Waals surface area (Å²) >= 11 is 0. The number of rotatable bonds is 8. The first kappa shape index (κ1) is 24.6. The highest BCUT2D eigenvalue weighted by Crippen LogP contribution is 2.30. The fourth-order valence-electron chi connectivity index (χ4n) is 4.67. The predicted molar refractivity (Wildman–Crippen MR) is 136 cm³/mol. The van der Waals surface area contributed by atoms with Crippen LogP contribution in [-0.4, -0.2) is 34.7 Å². The molecule has 186 valence electrons. The fraction of sp³-hybridized carbons (Fsp3) is 0.444. The summed E-state index contributed by atoms with van der Waals surface area (Å²) in [5, 5.41) is 3.49. The summed E-state index contributed by atoms with van der Waals surface area (Å²) in [5.74, 6) is 1.32. The average molecular weight is 480 g/mol. The third-order valence-electron chi connectivity index (χ3n) is 6.63. The molecule has 0 aliphatic heterocycles. The van der Waals surface area contributed by atoms with E-state index in [0.29, 0.717) is 47.1 Å². The molecule has 0 unspecified atom stereocenters. The molecule has 1 aliphatic carbocycles. The number of fused-ring (bicyclic) bond motifs is 1. The third kappa shape index (κ3) is 5.42. The Morgan fingerprint density at radius 2 is 1.69 bits per heavy atom. The summed E-state index contributed by atoms with van der Waals surface area (Å²) in [6.45, 7) is 6.82. The first-order valence-electron chi connectivity index (χ1n) is 12.4. The van der Waals surface area contributed by atoms with Crippen molar-refractivity contribution in [1.29, 1.82) is 0 Å². The predicted octanol–water partition coefficient (Wildman–Crippen LogP) is 3.84. The van der Waals surface area contributed by atoms with Crippen LogP contribution in [0.15, 0.2) is 46.0 Å². The maximum Gasteiger partial charge on any atom is 0.329 e. The van der Waals surface area contributed by atoms with E-state index in [1.807, 2.05) is 13.8 Å². The van der Waals surface area contributed by atoms with Gasteiger partial charge in [-0.2, -0.15) is 0 Å². The number of carbonyl (C=O) groups excluding carboxylic acids is 1. The number of carbonyl (C=O) groups is 1. The molecule has 1 fully saturated rings. The largest absolute Gasteiger partial charge is 0.490 e. The fourth-order valence-corrected chi connectivity index (χ4v) is 4.67. The van der Waals surface area contributed by atoms with Gasteiger partial charge in [-0.1, -0.05) is 31.9 Å². The van der Waals surface area contributed by atoms with E-state index in [0.717, 1.165) is 29.4 Å². The number of aromatic nitrogens is 2. The van der Waals surface area contributed by atoms with Crippen molar-refractivity contribution in [3.63, 3.8) is 0 Å². The lowest BCUT2D eigenvalue weighted by Crippen LogP contribution is -2.41. The van der Waals surface area contributed by atoms with E-state index < -0.39 is 11.2 Å². The van der Waals surface area contributed by atoms with Gasteiger partial charge in [-0.05, 0) is 56.4 Å². The number of nitrogens with one attached hydrogen (secondary N) is 2. The zero-order valence-corrected chi connectivity index (χ0v) is 20.6. The van der Waals surface area contributed by atoms with Crippen molar-refractivity contribution in [3.8, 4) is 11.5 Å². The molecular weight excluding hydrogens is 446 g/mol. The minimum absolute atomic E-state index is 0.0862. The van der Waals surface area contributed by atoms with Gasteiger partial charge in [0.25, 0.3) is 11.5 Å². The summed E-state index contributed by atoms with van der Waals surface area (Å²) in [6.07, 6.45) is 4.51. The van der Waals surface area contributed by atoms with E-state index in [2.05, 4.69) is 17.2 Å². The molecule has 4 rings (SSSR count). The van der Waals surface area contributed by atoms with Gasteiger partial charge < -0.3 is 19.8 Å². The highest BCUT2D eigenvalue weighted by atomic mass is 16.5. The maximum atomic E-state index is 13.2. The van der Waals surface area contributed by atoms with Crippen molar-refractivity contribution < 1.29 is 14.3 Å². The zero-order chi connectivity index (χ0) is 24.9. The van der Waals surface area contributed by atoms with E-state index in [-0.39, 0.29) is 18.5 Å². The smallest absolute Gasteiger partial charge is 0.329 e. The van der Waals surface area contributed by atoms with Crippen molar-refractivity contribution in [2.75, 3.05) is 13.2 Å². The molecule has 1 aromatic heterocycles. The van der Waals surface area contributed by atoms with E-state index in [1.54, 1.807) is 36.4 Å². The molecule has 0 radical (unpaired) electrons. The molecule has 1 saturated carbocycles. The molecule has 1 amide bonds. The van der Waals surface area contributed by atoms with Crippen LogP contribution in [0.1, 0.15) is 62.4 Å². The highest BCUT2D eigenvalue weighted by molar-refractivity contribution is 5.94. The van der Waals surface area contributed by atoms with Crippen LogP contribution in [0.2, 0.25) is 0 Å². The molecule has 2 atom stereocenters. The van der Waals surface area contributed by atoms with Gasteiger partial charge in [0.05, 0.1) is 30.7 Å². The van der Waals surface area contributed by atoms with E-state index in [4.69, 9.17) is 9.47 Å². The number of hydrogen-bond donors (Lipinski definition) is 2. The summed E-state index contributed by atoms with van der Waals surface area (Å²) in [5.41, 5.74) is 0.779. The van der Waals surface area contributed by atoms with Gasteiger partial charge in [0.2, 0.25) is 0 Å². The maximum absolute atomic E-state index is 13.2.